The first-order chi connectivity index (χ1) is 16.9. The van der Waals surface area contributed by atoms with E-state index >= 15 is 0 Å². The van der Waals surface area contributed by atoms with Gasteiger partial charge in [-0.2, -0.15) is 0 Å². The average molecular weight is 474 g/mol. The van der Waals surface area contributed by atoms with E-state index in [-0.39, 0.29) is 11.9 Å². The molecule has 2 fully saturated rings. The summed E-state index contributed by atoms with van der Waals surface area (Å²) in [5.74, 6) is 1.16. The molecule has 3 heterocycles. The summed E-state index contributed by atoms with van der Waals surface area (Å²) in [5.41, 5.74) is 3.64. The lowest BCUT2D eigenvalue weighted by atomic mass is 10.1. The second kappa shape index (κ2) is 9.71. The van der Waals surface area contributed by atoms with Crippen LogP contribution in [0.4, 0.5) is 4.79 Å². The second-order valence-electron chi connectivity index (χ2n) is 9.68. The van der Waals surface area contributed by atoms with Gasteiger partial charge < -0.3 is 0 Å². The number of nitrogens with zero attached hydrogens (tertiary/aromatic N) is 6. The maximum atomic E-state index is 13.2. The van der Waals surface area contributed by atoms with Gasteiger partial charge in [-0.05, 0) is 23.0 Å². The van der Waals surface area contributed by atoms with Crippen LogP contribution in [0.3, 0.4) is 0 Å². The van der Waals surface area contributed by atoms with Gasteiger partial charge in [0.1, 0.15) is 13.1 Å². The van der Waals surface area contributed by atoms with Gasteiger partial charge in [0.15, 0.2) is 0 Å². The molecule has 0 radical (unpaired) electrons. The van der Waals surface area contributed by atoms with E-state index in [2.05, 4.69) is 69.8 Å². The number of fused-ring (bicyclic) bond motifs is 1. The van der Waals surface area contributed by atoms with Crippen molar-refractivity contribution in [1.29, 1.82) is 0 Å². The van der Waals surface area contributed by atoms with Crippen LogP contribution in [0.5, 0.6) is 0 Å². The maximum Gasteiger partial charge on any atom is 0.333 e. The molecule has 8 heteroatoms. The highest BCUT2D eigenvalue weighted by molar-refractivity contribution is 6.23. The highest BCUT2D eigenvalue weighted by Gasteiger charge is 2.53. The molecule has 0 bridgehead atoms. The van der Waals surface area contributed by atoms with E-state index in [9.17, 15) is 9.59 Å². The van der Waals surface area contributed by atoms with Gasteiger partial charge >= 0.3 is 11.9 Å². The summed E-state index contributed by atoms with van der Waals surface area (Å²) in [4.78, 5) is 38.3. The Balaban J connectivity index is 1.35. The van der Waals surface area contributed by atoms with Gasteiger partial charge in [-0.25, -0.2) is 9.37 Å². The highest BCUT2D eigenvalue weighted by atomic mass is 16.2. The van der Waals surface area contributed by atoms with Crippen LogP contribution in [0.2, 0.25) is 0 Å². The number of piperazine rings is 1. The monoisotopic (exact) mass is 473 g/mol. The number of carbonyl (C=O) groups excluding carboxylic acids is 2. The van der Waals surface area contributed by atoms with E-state index in [1.807, 2.05) is 6.07 Å². The Morgan fingerprint density at radius 2 is 1.51 bits per heavy atom. The number of imide groups is 1. The minimum Gasteiger partial charge on any atom is -0.297 e. The number of benzene rings is 2. The summed E-state index contributed by atoms with van der Waals surface area (Å²) >= 11 is 0. The summed E-state index contributed by atoms with van der Waals surface area (Å²) < 4.78 is 2.09. The SMILES string of the molecule is Cc1cccc(C[N+]2=C(CN3CCN(Cc4ccccc4)CC3)N=C3C2C(=O)N(C)C(=O)N3C)c1. The second-order valence-corrected chi connectivity index (χ2v) is 9.68. The number of rotatable bonds is 6. The van der Waals surface area contributed by atoms with E-state index in [0.29, 0.717) is 18.9 Å². The molecule has 8 nitrogen and oxygen atoms in total. The van der Waals surface area contributed by atoms with E-state index < -0.39 is 6.04 Å². The van der Waals surface area contributed by atoms with E-state index in [1.54, 1.807) is 14.1 Å². The standard InChI is InChI=1S/C27H33N6O2/c1-20-8-7-11-22(16-20)18-33-23(28-25-24(33)26(34)30(3)27(35)29(25)2)19-32-14-12-31(13-15-32)17-21-9-5-4-6-10-21/h4-11,16,24H,12-15,17-19H2,1-3H3/q+1. The molecule has 35 heavy (non-hydrogen) atoms. The van der Waals surface area contributed by atoms with E-state index in [1.165, 1.54) is 20.9 Å². The Labute approximate surface area is 206 Å². The minimum atomic E-state index is -0.572. The number of likely N-dealkylation sites (N-methyl/N-ethyl adjacent to an activating group) is 2. The molecule has 0 aliphatic carbocycles. The van der Waals surface area contributed by atoms with Crippen molar-refractivity contribution in [2.75, 3.05) is 46.8 Å². The van der Waals surface area contributed by atoms with E-state index in [4.69, 9.17) is 4.99 Å². The molecule has 0 saturated carbocycles. The van der Waals surface area contributed by atoms with Crippen molar-refractivity contribution < 1.29 is 14.2 Å². The quantitative estimate of drug-likeness (QED) is 0.603. The number of hydrogen-bond acceptors (Lipinski definition) is 5. The van der Waals surface area contributed by atoms with E-state index in [0.717, 1.165) is 44.1 Å². The Morgan fingerprint density at radius 3 is 2.20 bits per heavy atom. The molecule has 0 aromatic heterocycles. The van der Waals surface area contributed by atoms with Crippen molar-refractivity contribution in [3.8, 4) is 0 Å². The molecule has 5 rings (SSSR count). The number of amides is 3. The van der Waals surface area contributed by atoms with Crippen molar-refractivity contribution in [2.45, 2.75) is 26.1 Å². The summed E-state index contributed by atoms with van der Waals surface area (Å²) in [6, 6.07) is 18.0. The lowest BCUT2D eigenvalue weighted by Crippen LogP contribution is -2.61. The number of urea groups is 1. The third kappa shape index (κ3) is 4.76. The van der Waals surface area contributed by atoms with Crippen molar-refractivity contribution in [3.63, 3.8) is 0 Å². The van der Waals surface area contributed by atoms with Crippen LogP contribution in [0.1, 0.15) is 16.7 Å². The lowest BCUT2D eigenvalue weighted by molar-refractivity contribution is -0.552. The zero-order chi connectivity index (χ0) is 24.5. The van der Waals surface area contributed by atoms with Gasteiger partial charge in [-0.1, -0.05) is 60.2 Å². The molecule has 0 N–H and O–H groups in total. The van der Waals surface area contributed by atoms with Gasteiger partial charge in [0.2, 0.25) is 0 Å². The summed E-state index contributed by atoms with van der Waals surface area (Å²) in [6.07, 6.45) is 0. The van der Waals surface area contributed by atoms with Crippen LogP contribution in [-0.2, 0) is 17.9 Å². The van der Waals surface area contributed by atoms with Crippen LogP contribution in [0.15, 0.2) is 59.6 Å². The Kier molecular flexibility index (Phi) is 6.49. The molecule has 3 aliphatic rings. The largest absolute Gasteiger partial charge is 0.333 e. The van der Waals surface area contributed by atoms with Crippen LogP contribution < -0.4 is 0 Å². The Bertz CT molecular complexity index is 1180. The number of hydrogen-bond donors (Lipinski definition) is 0. The van der Waals surface area contributed by atoms with Crippen molar-refractivity contribution in [3.05, 3.63) is 71.3 Å². The van der Waals surface area contributed by atoms with Crippen molar-refractivity contribution in [2.24, 2.45) is 4.99 Å². The maximum absolute atomic E-state index is 13.2. The fourth-order valence-corrected chi connectivity index (χ4v) is 5.11. The molecule has 1 unspecified atom stereocenters. The third-order valence-electron chi connectivity index (χ3n) is 7.13. The molecule has 2 aromatic carbocycles. The minimum absolute atomic E-state index is 0.220. The number of carbonyl (C=O) groups is 2. The van der Waals surface area contributed by atoms with Gasteiger partial charge in [0.05, 0.1) is 0 Å². The van der Waals surface area contributed by atoms with Crippen molar-refractivity contribution >= 4 is 23.6 Å². The highest BCUT2D eigenvalue weighted by Crippen LogP contribution is 2.22. The first-order valence-corrected chi connectivity index (χ1v) is 12.2. The van der Waals surface area contributed by atoms with Gasteiger partial charge in [0, 0.05) is 46.8 Å². The normalized spacial score (nSPS) is 21.6. The Morgan fingerprint density at radius 1 is 0.857 bits per heavy atom. The molecule has 2 saturated heterocycles. The lowest BCUT2D eigenvalue weighted by Gasteiger charge is -2.34. The predicted octanol–water partition coefficient (Wildman–Crippen LogP) is 2.03. The van der Waals surface area contributed by atoms with Crippen LogP contribution >= 0.6 is 0 Å². The molecule has 182 valence electrons. The fourth-order valence-electron chi connectivity index (χ4n) is 5.11. The van der Waals surface area contributed by atoms with Crippen LogP contribution in [0.25, 0.3) is 0 Å². The summed E-state index contributed by atoms with van der Waals surface area (Å²) in [7, 11) is 3.25. The molecular formula is C27H33N6O2+. The smallest absolute Gasteiger partial charge is 0.297 e. The number of aliphatic imine (C=N–C) groups is 1. The average Bonchev–Trinajstić information content (AvgIpc) is 3.21. The van der Waals surface area contributed by atoms with Crippen LogP contribution in [0, 0.1) is 6.92 Å². The molecule has 2 aromatic rings. The first kappa shape index (κ1) is 23.4. The van der Waals surface area contributed by atoms with Crippen molar-refractivity contribution in [1.82, 2.24) is 19.6 Å². The van der Waals surface area contributed by atoms with Crippen LogP contribution in [-0.4, -0.2) is 101 Å². The third-order valence-corrected chi connectivity index (χ3v) is 7.13. The zero-order valence-corrected chi connectivity index (χ0v) is 20.7. The Hall–Kier alpha value is -3.36. The van der Waals surface area contributed by atoms with Gasteiger partial charge in [0.25, 0.3) is 17.8 Å². The fraction of sp³-hybridized carbons (Fsp3) is 0.407. The topological polar surface area (TPSA) is 62.5 Å². The molecule has 1 atom stereocenters. The van der Waals surface area contributed by atoms with Gasteiger partial charge in [-0.15, -0.1) is 0 Å². The molecular weight excluding hydrogens is 440 g/mol. The molecule has 3 amide bonds. The number of aryl methyl sites for hydroxylation is 1. The summed E-state index contributed by atoms with van der Waals surface area (Å²) in [6.45, 7) is 8.11. The molecule has 0 spiro atoms. The number of amidine groups is 2. The summed E-state index contributed by atoms with van der Waals surface area (Å²) in [5, 5.41) is 0. The zero-order valence-electron chi connectivity index (χ0n) is 20.7. The molecule has 3 aliphatic heterocycles. The van der Waals surface area contributed by atoms with Gasteiger partial charge in [-0.3, -0.25) is 24.4 Å². The predicted molar refractivity (Wildman–Crippen MR) is 135 cm³/mol. The first-order valence-electron chi connectivity index (χ1n) is 12.2.